The van der Waals surface area contributed by atoms with Gasteiger partial charge < -0.3 is 9.84 Å². The molecule has 0 aliphatic carbocycles. The third-order valence-corrected chi connectivity index (χ3v) is 6.70. The van der Waals surface area contributed by atoms with Crippen LogP contribution in [0.5, 0.6) is 5.75 Å². The van der Waals surface area contributed by atoms with Gasteiger partial charge in [0.05, 0.1) is 33.9 Å². The first-order valence-electron chi connectivity index (χ1n) is 10.4. The third-order valence-electron chi connectivity index (χ3n) is 5.68. The van der Waals surface area contributed by atoms with Crippen LogP contribution in [0.1, 0.15) is 17.2 Å². The number of methoxy groups -OCH3 is 1. The number of nitro benzene ring substituents is 1. The number of rotatable bonds is 5. The molecule has 1 atom stereocenters. The fraction of sp³-hybridized carbons (Fsp3) is 0.0800. The lowest BCUT2D eigenvalue weighted by molar-refractivity contribution is -0.384. The number of anilines is 1. The summed E-state index contributed by atoms with van der Waals surface area (Å²) in [5.41, 5.74) is 0.858. The molecule has 9 nitrogen and oxygen atoms in total. The van der Waals surface area contributed by atoms with Crippen molar-refractivity contribution in [3.8, 4) is 5.75 Å². The normalized spacial score (nSPS) is 17.2. The fourth-order valence-electron chi connectivity index (χ4n) is 4.03. The zero-order valence-electron chi connectivity index (χ0n) is 18.2. The first-order valence-corrected chi connectivity index (χ1v) is 11.3. The van der Waals surface area contributed by atoms with E-state index >= 15 is 0 Å². The largest absolute Gasteiger partial charge is 0.507 e. The van der Waals surface area contributed by atoms with Gasteiger partial charge in [0.25, 0.3) is 11.5 Å². The lowest BCUT2D eigenvalue weighted by Gasteiger charge is -2.22. The van der Waals surface area contributed by atoms with Crippen LogP contribution < -0.4 is 9.64 Å². The van der Waals surface area contributed by atoms with Crippen molar-refractivity contribution in [2.75, 3.05) is 12.0 Å². The number of non-ortho nitro benzene ring substituents is 1. The number of carbonyl (C=O) groups is 2. The van der Waals surface area contributed by atoms with Crippen LogP contribution in [0.4, 0.5) is 10.8 Å². The van der Waals surface area contributed by atoms with Gasteiger partial charge in [0.1, 0.15) is 11.5 Å². The lowest BCUT2D eigenvalue weighted by Crippen LogP contribution is -2.29. The predicted molar refractivity (Wildman–Crippen MR) is 130 cm³/mol. The van der Waals surface area contributed by atoms with Crippen molar-refractivity contribution in [1.29, 1.82) is 0 Å². The molecule has 1 amide bonds. The van der Waals surface area contributed by atoms with E-state index in [0.29, 0.717) is 22.4 Å². The molecule has 1 aliphatic heterocycles. The minimum Gasteiger partial charge on any atom is -0.507 e. The molecule has 2 heterocycles. The second-order valence-corrected chi connectivity index (χ2v) is 8.73. The number of aromatic nitrogens is 1. The zero-order chi connectivity index (χ0) is 24.7. The second-order valence-electron chi connectivity index (χ2n) is 7.72. The van der Waals surface area contributed by atoms with E-state index in [-0.39, 0.29) is 22.2 Å². The molecule has 4 aromatic rings. The summed E-state index contributed by atoms with van der Waals surface area (Å²) in [4.78, 5) is 43.1. The molecule has 174 valence electrons. The van der Waals surface area contributed by atoms with E-state index < -0.39 is 22.7 Å². The molecule has 5 rings (SSSR count). The quantitative estimate of drug-likeness (QED) is 0.140. The molecule has 0 spiro atoms. The molecule has 35 heavy (non-hydrogen) atoms. The standard InChI is InChI=1S/C25H17N3O6S/c1-34-17-10-11-18-19(13-17)35-25(26-18)27-21(15-8-5-9-16(12-15)28(32)33)20(23(30)24(27)31)22(29)14-6-3-2-4-7-14/h2-13,21,29H,1H3/t21-/m1/s1. The van der Waals surface area contributed by atoms with Gasteiger partial charge in [0, 0.05) is 17.7 Å². The van der Waals surface area contributed by atoms with E-state index in [2.05, 4.69) is 4.98 Å². The van der Waals surface area contributed by atoms with E-state index in [1.807, 2.05) is 0 Å². The fourth-order valence-corrected chi connectivity index (χ4v) is 5.05. The van der Waals surface area contributed by atoms with Crippen molar-refractivity contribution in [2.45, 2.75) is 6.04 Å². The smallest absolute Gasteiger partial charge is 0.301 e. The maximum atomic E-state index is 13.3. The monoisotopic (exact) mass is 487 g/mol. The number of benzene rings is 3. The Morgan fingerprint density at radius 2 is 1.86 bits per heavy atom. The highest BCUT2D eigenvalue weighted by molar-refractivity contribution is 7.22. The summed E-state index contributed by atoms with van der Waals surface area (Å²) < 4.78 is 5.98. The topological polar surface area (TPSA) is 123 Å². The Hall–Kier alpha value is -4.57. The first-order chi connectivity index (χ1) is 16.9. The molecule has 10 heteroatoms. The van der Waals surface area contributed by atoms with Crippen LogP contribution in [0, 0.1) is 10.1 Å². The third kappa shape index (κ3) is 3.79. The zero-order valence-corrected chi connectivity index (χ0v) is 19.1. The Morgan fingerprint density at radius 1 is 1.09 bits per heavy atom. The molecule has 0 bridgehead atoms. The Balaban J connectivity index is 1.74. The number of amides is 1. The van der Waals surface area contributed by atoms with Crippen molar-refractivity contribution >= 4 is 49.8 Å². The maximum Gasteiger partial charge on any atom is 0.301 e. The minimum absolute atomic E-state index is 0.168. The van der Waals surface area contributed by atoms with Crippen LogP contribution in [0.25, 0.3) is 16.0 Å². The number of nitrogens with zero attached hydrogens (tertiary/aromatic N) is 3. The van der Waals surface area contributed by atoms with Gasteiger partial charge in [-0.25, -0.2) is 4.98 Å². The number of hydrogen-bond donors (Lipinski definition) is 1. The number of thiazole rings is 1. The highest BCUT2D eigenvalue weighted by Gasteiger charge is 2.48. The Bertz CT molecular complexity index is 1530. The van der Waals surface area contributed by atoms with E-state index in [0.717, 1.165) is 4.70 Å². The van der Waals surface area contributed by atoms with Gasteiger partial charge in [-0.2, -0.15) is 0 Å². The highest BCUT2D eigenvalue weighted by Crippen LogP contribution is 2.45. The number of ether oxygens (including phenoxy) is 1. The molecule has 3 aromatic carbocycles. The van der Waals surface area contributed by atoms with Gasteiger partial charge in [-0.3, -0.25) is 24.6 Å². The van der Waals surface area contributed by atoms with Gasteiger partial charge in [0.2, 0.25) is 0 Å². The van der Waals surface area contributed by atoms with E-state index in [4.69, 9.17) is 4.74 Å². The SMILES string of the molecule is COc1ccc2nc(N3C(=O)C(=O)C(=C(O)c4ccccc4)[C@H]3c3cccc([N+](=O)[O-])c3)sc2c1. The molecule has 1 fully saturated rings. The molecular weight excluding hydrogens is 470 g/mol. The maximum absolute atomic E-state index is 13.3. The molecule has 0 radical (unpaired) electrons. The Morgan fingerprint density at radius 3 is 2.57 bits per heavy atom. The van der Waals surface area contributed by atoms with Crippen molar-refractivity contribution in [1.82, 2.24) is 4.98 Å². The van der Waals surface area contributed by atoms with Gasteiger partial charge in [-0.05, 0) is 23.8 Å². The summed E-state index contributed by atoms with van der Waals surface area (Å²) >= 11 is 1.17. The molecule has 1 saturated heterocycles. The molecule has 1 aromatic heterocycles. The van der Waals surface area contributed by atoms with Gasteiger partial charge in [-0.1, -0.05) is 53.8 Å². The van der Waals surface area contributed by atoms with Crippen LogP contribution in [0.3, 0.4) is 0 Å². The van der Waals surface area contributed by atoms with Crippen LogP contribution in [-0.4, -0.2) is 33.8 Å². The number of aliphatic hydroxyl groups excluding tert-OH is 1. The summed E-state index contributed by atoms with van der Waals surface area (Å²) in [6.45, 7) is 0. The molecular formula is C25H17N3O6S. The first kappa shape index (κ1) is 22.2. The highest BCUT2D eigenvalue weighted by atomic mass is 32.1. The van der Waals surface area contributed by atoms with Gasteiger partial charge >= 0.3 is 5.91 Å². The number of carbonyl (C=O) groups excluding carboxylic acids is 2. The van der Waals surface area contributed by atoms with Crippen molar-refractivity contribution in [2.24, 2.45) is 0 Å². The summed E-state index contributed by atoms with van der Waals surface area (Å²) in [5.74, 6) is -1.55. The van der Waals surface area contributed by atoms with Crippen LogP contribution in [0.15, 0.2) is 78.4 Å². The average molecular weight is 487 g/mol. The second kappa shape index (κ2) is 8.65. The van der Waals surface area contributed by atoms with Crippen molar-refractivity contribution in [3.63, 3.8) is 0 Å². The lowest BCUT2D eigenvalue weighted by atomic mass is 9.95. The summed E-state index contributed by atoms with van der Waals surface area (Å²) in [6, 6.07) is 18.1. The van der Waals surface area contributed by atoms with Crippen molar-refractivity contribution < 1.29 is 24.4 Å². The molecule has 1 N–H and O–H groups in total. The summed E-state index contributed by atoms with van der Waals surface area (Å²) in [5, 5.41) is 22.8. The average Bonchev–Trinajstić information content (AvgIpc) is 3.41. The number of nitro groups is 1. The van der Waals surface area contributed by atoms with E-state index in [9.17, 15) is 24.8 Å². The predicted octanol–water partition coefficient (Wildman–Crippen LogP) is 4.84. The molecule has 0 saturated carbocycles. The summed E-state index contributed by atoms with van der Waals surface area (Å²) in [6.07, 6.45) is 0. The number of hydrogen-bond acceptors (Lipinski definition) is 8. The number of Topliss-reactive ketones (excluding diaryl/α,β-unsaturated/α-hetero) is 1. The Kier molecular flexibility index (Phi) is 5.50. The number of ketones is 1. The Labute approximate surface area is 202 Å². The molecule has 0 unspecified atom stereocenters. The van der Waals surface area contributed by atoms with E-state index in [1.54, 1.807) is 54.6 Å². The van der Waals surface area contributed by atoms with Gasteiger partial charge in [0.15, 0.2) is 5.13 Å². The van der Waals surface area contributed by atoms with Crippen LogP contribution in [0.2, 0.25) is 0 Å². The number of fused-ring (bicyclic) bond motifs is 1. The van der Waals surface area contributed by atoms with Crippen LogP contribution >= 0.6 is 11.3 Å². The van der Waals surface area contributed by atoms with Gasteiger partial charge in [-0.15, -0.1) is 0 Å². The number of aliphatic hydroxyl groups is 1. The van der Waals surface area contributed by atoms with Crippen molar-refractivity contribution in [3.05, 3.63) is 99.6 Å². The summed E-state index contributed by atoms with van der Waals surface area (Å²) in [7, 11) is 1.54. The molecule has 1 aliphatic rings. The van der Waals surface area contributed by atoms with Crippen LogP contribution in [-0.2, 0) is 9.59 Å². The van der Waals surface area contributed by atoms with E-state index in [1.165, 1.54) is 41.5 Å². The minimum atomic E-state index is -1.11.